The average molecular weight is 577 g/mol. The van der Waals surface area contributed by atoms with E-state index >= 15 is 0 Å². The summed E-state index contributed by atoms with van der Waals surface area (Å²) < 4.78 is 45.1. The molecule has 1 aliphatic rings. The fraction of sp³-hybridized carbons (Fsp3) is 0.360. The summed E-state index contributed by atoms with van der Waals surface area (Å²) >= 11 is 0. The number of sulfonamides is 1. The van der Waals surface area contributed by atoms with Gasteiger partial charge in [-0.15, -0.1) is 10.1 Å². The third kappa shape index (κ3) is 6.00. The van der Waals surface area contributed by atoms with E-state index in [0.29, 0.717) is 23.9 Å². The van der Waals surface area contributed by atoms with E-state index in [9.17, 15) is 28.1 Å². The van der Waals surface area contributed by atoms with Gasteiger partial charge in [0, 0.05) is 42.2 Å². The zero-order valence-electron chi connectivity index (χ0n) is 21.8. The molecule has 1 aromatic heterocycles. The van der Waals surface area contributed by atoms with Crippen LogP contribution in [0.2, 0.25) is 0 Å². The van der Waals surface area contributed by atoms with Gasteiger partial charge in [-0.05, 0) is 43.2 Å². The van der Waals surface area contributed by atoms with Crippen LogP contribution in [0.3, 0.4) is 0 Å². The Morgan fingerprint density at radius 2 is 2.00 bits per heavy atom. The van der Waals surface area contributed by atoms with Crippen molar-refractivity contribution in [3.05, 3.63) is 74.2 Å². The van der Waals surface area contributed by atoms with E-state index in [0.717, 1.165) is 0 Å². The highest BCUT2D eigenvalue weighted by atomic mass is 32.2. The lowest BCUT2D eigenvalue weighted by atomic mass is 10.1. The first-order valence-electron chi connectivity index (χ1n) is 12.2. The minimum Gasteiger partial charge on any atom is -0.496 e. The number of fused-ring (bicyclic) bond motifs is 1. The zero-order chi connectivity index (χ0) is 29.0. The molecular formula is C25H28N4O10S. The van der Waals surface area contributed by atoms with Gasteiger partial charge < -0.3 is 24.8 Å². The average Bonchev–Trinajstić information content (AvgIpc) is 3.38. The van der Waals surface area contributed by atoms with E-state index in [-0.39, 0.29) is 53.1 Å². The summed E-state index contributed by atoms with van der Waals surface area (Å²) in [6, 6.07) is 8.50. The number of nitrogens with two attached hydrogens (primary N) is 1. The normalized spacial score (nSPS) is 15.6. The molecule has 0 spiro atoms. The molecule has 40 heavy (non-hydrogen) atoms. The molecule has 0 unspecified atom stereocenters. The molecular weight excluding hydrogens is 548 g/mol. The van der Waals surface area contributed by atoms with Crippen LogP contribution in [0.4, 0.5) is 0 Å². The molecule has 1 saturated heterocycles. The Kier molecular flexibility index (Phi) is 8.56. The zero-order valence-corrected chi connectivity index (χ0v) is 22.6. The third-order valence-corrected chi connectivity index (χ3v) is 8.25. The third-order valence-electron chi connectivity index (χ3n) is 6.34. The van der Waals surface area contributed by atoms with Gasteiger partial charge in [0.25, 0.3) is 10.6 Å². The van der Waals surface area contributed by atoms with E-state index in [1.54, 1.807) is 6.92 Å². The molecule has 0 bridgehead atoms. The van der Waals surface area contributed by atoms with E-state index in [1.807, 2.05) is 0 Å². The Bertz CT molecular complexity index is 1610. The Balaban J connectivity index is 1.53. The molecule has 15 heteroatoms. The topological polar surface area (TPSA) is 183 Å². The van der Waals surface area contributed by atoms with Crippen LogP contribution < -0.4 is 20.8 Å². The molecule has 0 aliphatic carbocycles. The molecule has 14 nitrogen and oxygen atoms in total. The van der Waals surface area contributed by atoms with Crippen molar-refractivity contribution >= 4 is 26.8 Å². The van der Waals surface area contributed by atoms with Gasteiger partial charge in [-0.2, -0.15) is 4.31 Å². The van der Waals surface area contributed by atoms with E-state index in [2.05, 4.69) is 4.84 Å². The number of methoxy groups -OCH3 is 1. The van der Waals surface area contributed by atoms with Gasteiger partial charge in [-0.1, -0.05) is 6.07 Å². The van der Waals surface area contributed by atoms with Crippen molar-refractivity contribution in [2.45, 2.75) is 31.0 Å². The minimum absolute atomic E-state index is 0.0230. The maximum absolute atomic E-state index is 13.3. The number of esters is 1. The van der Waals surface area contributed by atoms with E-state index in [1.165, 1.54) is 58.6 Å². The minimum atomic E-state index is -3.88. The van der Waals surface area contributed by atoms with Gasteiger partial charge in [0.05, 0.1) is 12.0 Å². The fourth-order valence-electron chi connectivity index (χ4n) is 4.46. The number of carbonyl (C=O) groups excluding carboxylic acids is 1. The summed E-state index contributed by atoms with van der Waals surface area (Å²) in [5.41, 5.74) is 5.94. The Hall–Kier alpha value is -4.21. The first kappa shape index (κ1) is 28.8. The highest BCUT2D eigenvalue weighted by Gasteiger charge is 2.32. The molecule has 2 heterocycles. The largest absolute Gasteiger partial charge is 0.496 e. The second-order valence-electron chi connectivity index (χ2n) is 9.01. The van der Waals surface area contributed by atoms with Crippen molar-refractivity contribution in [3.63, 3.8) is 0 Å². The molecule has 0 amide bonds. The number of rotatable bonds is 11. The number of aryl methyl sites for hydroxylation is 1. The quantitative estimate of drug-likeness (QED) is 0.151. The lowest BCUT2D eigenvalue weighted by molar-refractivity contribution is -0.757. The van der Waals surface area contributed by atoms with Crippen molar-refractivity contribution in [2.75, 3.05) is 33.4 Å². The summed E-state index contributed by atoms with van der Waals surface area (Å²) in [4.78, 5) is 40.5. The number of nitrogens with zero attached hydrogens (tertiary/aromatic N) is 3. The Labute approximate surface area is 228 Å². The van der Waals surface area contributed by atoms with Gasteiger partial charge in [-0.25, -0.2) is 13.2 Å². The number of aromatic nitrogens is 1. The monoisotopic (exact) mass is 576 g/mol. The number of hydrogen-bond acceptors (Lipinski definition) is 11. The van der Waals surface area contributed by atoms with Gasteiger partial charge in [0.1, 0.15) is 30.3 Å². The van der Waals surface area contributed by atoms with Crippen molar-refractivity contribution < 1.29 is 37.3 Å². The van der Waals surface area contributed by atoms with E-state index < -0.39 is 33.4 Å². The summed E-state index contributed by atoms with van der Waals surface area (Å²) in [5.74, 6) is -0.383. The highest BCUT2D eigenvalue weighted by Crippen LogP contribution is 2.29. The van der Waals surface area contributed by atoms with Gasteiger partial charge >= 0.3 is 5.97 Å². The number of carbonyl (C=O) groups is 1. The lowest BCUT2D eigenvalue weighted by Crippen LogP contribution is -2.32. The predicted octanol–water partition coefficient (Wildman–Crippen LogP) is 1.44. The molecule has 2 aromatic carbocycles. The molecule has 2 N–H and O–H groups in total. The van der Waals surface area contributed by atoms with E-state index in [4.69, 9.17) is 19.9 Å². The first-order chi connectivity index (χ1) is 19.0. The first-order valence-corrected chi connectivity index (χ1v) is 13.6. The maximum Gasteiger partial charge on any atom is 0.343 e. The van der Waals surface area contributed by atoms with Gasteiger partial charge in [-0.3, -0.25) is 9.36 Å². The van der Waals surface area contributed by atoms with Crippen LogP contribution in [0.15, 0.2) is 52.3 Å². The van der Waals surface area contributed by atoms with Gasteiger partial charge in [0.15, 0.2) is 6.73 Å². The molecule has 1 atom stereocenters. The number of hydrogen-bond donors (Lipinski definition) is 1. The molecule has 1 fully saturated rings. The van der Waals surface area contributed by atoms with Crippen LogP contribution in [0, 0.1) is 17.0 Å². The number of ether oxygens (including phenoxy) is 3. The highest BCUT2D eigenvalue weighted by molar-refractivity contribution is 7.89. The molecule has 1 aliphatic heterocycles. The Morgan fingerprint density at radius 3 is 2.67 bits per heavy atom. The smallest absolute Gasteiger partial charge is 0.343 e. The maximum atomic E-state index is 13.3. The Morgan fingerprint density at radius 1 is 1.23 bits per heavy atom. The van der Waals surface area contributed by atoms with Crippen LogP contribution in [-0.4, -0.2) is 67.8 Å². The standard InChI is InChI=1S/C25H28N4O10S/c1-16-13-27(15-38-25(31)19-7-6-18(12-21(19)36-2)37-10-11-39-29(32)33)24(30)20-4-3-5-22(23(16)20)40(34,35)28-9-8-17(26)14-28/h3-7,12-13,17H,8-11,14-15,26H2,1-2H3/t17-/m0/s1. The van der Waals surface area contributed by atoms with Gasteiger partial charge in [0.2, 0.25) is 10.0 Å². The van der Waals surface area contributed by atoms with Crippen LogP contribution >= 0.6 is 0 Å². The molecule has 214 valence electrons. The van der Waals surface area contributed by atoms with Crippen LogP contribution in [-0.2, 0) is 26.3 Å². The fourth-order valence-corrected chi connectivity index (χ4v) is 6.25. The second-order valence-corrected chi connectivity index (χ2v) is 10.9. The molecule has 0 saturated carbocycles. The number of benzene rings is 2. The summed E-state index contributed by atoms with van der Waals surface area (Å²) in [6.07, 6.45) is 1.99. The summed E-state index contributed by atoms with van der Waals surface area (Å²) in [7, 11) is -2.54. The summed E-state index contributed by atoms with van der Waals surface area (Å²) in [5, 5.41) is 9.75. The number of pyridine rings is 1. The SMILES string of the molecule is COc1cc(OCCO[N+](=O)[O-])ccc1C(=O)OCn1cc(C)c2c(S(=O)(=O)N3CC[C@H](N)C3)cccc2c1=O. The molecule has 3 aromatic rings. The molecule has 4 rings (SSSR count). The van der Waals surface area contributed by atoms with Crippen LogP contribution in [0.25, 0.3) is 10.8 Å². The molecule has 0 radical (unpaired) electrons. The second kappa shape index (κ2) is 11.9. The van der Waals surface area contributed by atoms with Crippen molar-refractivity contribution in [2.24, 2.45) is 5.73 Å². The lowest BCUT2D eigenvalue weighted by Gasteiger charge is -2.19. The predicted molar refractivity (Wildman–Crippen MR) is 141 cm³/mol. The van der Waals surface area contributed by atoms with Crippen LogP contribution in [0.5, 0.6) is 11.5 Å². The summed E-state index contributed by atoms with van der Waals surface area (Å²) in [6.45, 7) is 1.36. The van der Waals surface area contributed by atoms with Crippen molar-refractivity contribution in [3.8, 4) is 11.5 Å². The van der Waals surface area contributed by atoms with Crippen molar-refractivity contribution in [1.29, 1.82) is 0 Å². The van der Waals surface area contributed by atoms with Crippen LogP contribution in [0.1, 0.15) is 22.3 Å². The van der Waals surface area contributed by atoms with Crippen molar-refractivity contribution in [1.82, 2.24) is 8.87 Å².